The predicted molar refractivity (Wildman–Crippen MR) is 72.5 cm³/mol. The first kappa shape index (κ1) is 12.8. The van der Waals surface area contributed by atoms with Crippen LogP contribution in [0.1, 0.15) is 31.4 Å². The highest BCUT2D eigenvalue weighted by molar-refractivity contribution is 5.45. The summed E-state index contributed by atoms with van der Waals surface area (Å²) in [5.74, 6) is 2.45. The molecule has 19 heavy (non-hydrogen) atoms. The molecule has 0 aromatic heterocycles. The molecule has 4 nitrogen and oxygen atoms in total. The molecule has 1 aromatic rings. The molecule has 0 amide bonds. The van der Waals surface area contributed by atoms with E-state index >= 15 is 0 Å². The van der Waals surface area contributed by atoms with Crippen LogP contribution in [0.25, 0.3) is 0 Å². The van der Waals surface area contributed by atoms with Crippen LogP contribution in [0, 0.1) is 5.92 Å². The van der Waals surface area contributed by atoms with Gasteiger partial charge in [0.2, 0.25) is 6.79 Å². The van der Waals surface area contributed by atoms with E-state index in [1.807, 2.05) is 6.07 Å². The first-order valence-corrected chi connectivity index (χ1v) is 7.03. The fourth-order valence-corrected chi connectivity index (χ4v) is 2.59. The Kier molecular flexibility index (Phi) is 3.89. The summed E-state index contributed by atoms with van der Waals surface area (Å²) in [5, 5.41) is 3.61. The maximum Gasteiger partial charge on any atom is 0.231 e. The van der Waals surface area contributed by atoms with Crippen LogP contribution < -0.4 is 14.8 Å². The van der Waals surface area contributed by atoms with Gasteiger partial charge in [-0.15, -0.1) is 0 Å². The van der Waals surface area contributed by atoms with E-state index in [4.69, 9.17) is 14.2 Å². The Morgan fingerprint density at radius 2 is 2.00 bits per heavy atom. The minimum absolute atomic E-state index is 0.331. The fourth-order valence-electron chi connectivity index (χ4n) is 2.59. The van der Waals surface area contributed by atoms with Crippen LogP contribution in [0.3, 0.4) is 0 Å². The van der Waals surface area contributed by atoms with Crippen LogP contribution in [-0.2, 0) is 4.74 Å². The van der Waals surface area contributed by atoms with E-state index in [0.717, 1.165) is 37.2 Å². The second-order valence-corrected chi connectivity index (χ2v) is 5.30. The van der Waals surface area contributed by atoms with Gasteiger partial charge in [-0.05, 0) is 49.9 Å². The van der Waals surface area contributed by atoms with E-state index < -0.39 is 0 Å². The zero-order valence-electron chi connectivity index (χ0n) is 11.4. The van der Waals surface area contributed by atoms with Gasteiger partial charge in [-0.2, -0.15) is 0 Å². The molecule has 2 heterocycles. The summed E-state index contributed by atoms with van der Waals surface area (Å²) in [6, 6.07) is 6.50. The van der Waals surface area contributed by atoms with Gasteiger partial charge in [0, 0.05) is 19.3 Å². The van der Waals surface area contributed by atoms with Crippen molar-refractivity contribution in [2.24, 2.45) is 5.92 Å². The number of benzene rings is 1. The van der Waals surface area contributed by atoms with Gasteiger partial charge < -0.3 is 19.5 Å². The van der Waals surface area contributed by atoms with Crippen LogP contribution in [0.5, 0.6) is 11.5 Å². The molecule has 0 bridgehead atoms. The Labute approximate surface area is 114 Å². The molecule has 1 fully saturated rings. The third-order valence-electron chi connectivity index (χ3n) is 3.95. The Balaban J connectivity index is 1.56. The lowest BCUT2D eigenvalue weighted by Gasteiger charge is -2.24. The molecule has 4 heteroatoms. The number of hydrogen-bond acceptors (Lipinski definition) is 4. The highest BCUT2D eigenvalue weighted by Crippen LogP contribution is 2.34. The average molecular weight is 263 g/mol. The van der Waals surface area contributed by atoms with Crippen molar-refractivity contribution in [2.75, 3.05) is 26.6 Å². The van der Waals surface area contributed by atoms with Crippen LogP contribution >= 0.6 is 0 Å². The molecule has 104 valence electrons. The molecule has 0 radical (unpaired) electrons. The van der Waals surface area contributed by atoms with Crippen molar-refractivity contribution < 1.29 is 14.2 Å². The topological polar surface area (TPSA) is 39.7 Å². The van der Waals surface area contributed by atoms with Crippen molar-refractivity contribution in [1.29, 1.82) is 0 Å². The zero-order chi connectivity index (χ0) is 13.1. The highest BCUT2D eigenvalue weighted by Gasteiger charge is 2.17. The standard InChI is InChI=1S/C15H21NO3/c1-11(16-9-12-4-6-17-7-5-12)13-2-3-14-15(8-13)19-10-18-14/h2-3,8,11-12,16H,4-7,9-10H2,1H3. The molecule has 3 rings (SSSR count). The predicted octanol–water partition coefficient (Wildman–Crippen LogP) is 2.49. The molecule has 2 aliphatic heterocycles. The van der Waals surface area contributed by atoms with E-state index in [-0.39, 0.29) is 0 Å². The Hall–Kier alpha value is -1.26. The second-order valence-electron chi connectivity index (χ2n) is 5.30. The largest absolute Gasteiger partial charge is 0.454 e. The SMILES string of the molecule is CC(NCC1CCOCC1)c1ccc2c(c1)OCO2. The monoisotopic (exact) mass is 263 g/mol. The van der Waals surface area contributed by atoms with E-state index in [9.17, 15) is 0 Å². The minimum atomic E-state index is 0.331. The maximum absolute atomic E-state index is 5.42. The minimum Gasteiger partial charge on any atom is -0.454 e. The van der Waals surface area contributed by atoms with Gasteiger partial charge in [-0.25, -0.2) is 0 Å². The van der Waals surface area contributed by atoms with E-state index in [1.165, 1.54) is 18.4 Å². The molecule has 1 N–H and O–H groups in total. The van der Waals surface area contributed by atoms with Crippen LogP contribution in [0.4, 0.5) is 0 Å². The highest BCUT2D eigenvalue weighted by atomic mass is 16.7. The quantitative estimate of drug-likeness (QED) is 0.906. The molecule has 1 unspecified atom stereocenters. The summed E-state index contributed by atoms with van der Waals surface area (Å²) in [6.45, 7) is 5.40. The lowest BCUT2D eigenvalue weighted by atomic mass is 9.99. The Bertz CT molecular complexity index is 429. The number of fused-ring (bicyclic) bond motifs is 1. The molecular weight excluding hydrogens is 242 g/mol. The summed E-state index contributed by atoms with van der Waals surface area (Å²) in [6.07, 6.45) is 2.34. The first-order valence-electron chi connectivity index (χ1n) is 7.03. The number of hydrogen-bond donors (Lipinski definition) is 1. The summed E-state index contributed by atoms with van der Waals surface area (Å²) < 4.78 is 16.1. The first-order chi connectivity index (χ1) is 9.33. The molecule has 1 aromatic carbocycles. The molecule has 0 saturated carbocycles. The van der Waals surface area contributed by atoms with Gasteiger partial charge in [0.1, 0.15) is 0 Å². The third kappa shape index (κ3) is 3.01. The lowest BCUT2D eigenvalue weighted by Crippen LogP contribution is -2.29. The summed E-state index contributed by atoms with van der Waals surface area (Å²) in [5.41, 5.74) is 1.25. The molecule has 1 saturated heterocycles. The molecule has 2 aliphatic rings. The molecular formula is C15H21NO3. The smallest absolute Gasteiger partial charge is 0.231 e. The third-order valence-corrected chi connectivity index (χ3v) is 3.95. The summed E-state index contributed by atoms with van der Waals surface area (Å²) >= 11 is 0. The normalized spacial score (nSPS) is 20.5. The van der Waals surface area contributed by atoms with Crippen LogP contribution in [0.2, 0.25) is 0 Å². The van der Waals surface area contributed by atoms with Gasteiger partial charge in [0.05, 0.1) is 0 Å². The maximum atomic E-state index is 5.42. The van der Waals surface area contributed by atoms with Crippen LogP contribution in [-0.4, -0.2) is 26.6 Å². The fraction of sp³-hybridized carbons (Fsp3) is 0.600. The summed E-state index contributed by atoms with van der Waals surface area (Å²) in [7, 11) is 0. The van der Waals surface area contributed by atoms with Crippen molar-refractivity contribution in [2.45, 2.75) is 25.8 Å². The van der Waals surface area contributed by atoms with Crippen molar-refractivity contribution in [3.05, 3.63) is 23.8 Å². The molecule has 0 aliphatic carbocycles. The van der Waals surface area contributed by atoms with Crippen LogP contribution in [0.15, 0.2) is 18.2 Å². The van der Waals surface area contributed by atoms with Crippen molar-refractivity contribution in [1.82, 2.24) is 5.32 Å². The molecule has 1 atom stereocenters. The van der Waals surface area contributed by atoms with Crippen molar-refractivity contribution in [3.63, 3.8) is 0 Å². The van der Waals surface area contributed by atoms with E-state index in [0.29, 0.717) is 12.8 Å². The Morgan fingerprint density at radius 1 is 1.21 bits per heavy atom. The van der Waals surface area contributed by atoms with E-state index in [1.54, 1.807) is 0 Å². The van der Waals surface area contributed by atoms with Gasteiger partial charge in [-0.3, -0.25) is 0 Å². The number of nitrogens with one attached hydrogen (secondary N) is 1. The summed E-state index contributed by atoms with van der Waals surface area (Å²) in [4.78, 5) is 0. The van der Waals surface area contributed by atoms with Crippen molar-refractivity contribution >= 4 is 0 Å². The lowest BCUT2D eigenvalue weighted by molar-refractivity contribution is 0.0656. The van der Waals surface area contributed by atoms with Crippen molar-refractivity contribution in [3.8, 4) is 11.5 Å². The van der Waals surface area contributed by atoms with E-state index in [2.05, 4.69) is 24.4 Å². The number of rotatable bonds is 4. The zero-order valence-corrected chi connectivity index (χ0v) is 11.4. The van der Waals surface area contributed by atoms with Gasteiger partial charge in [0.25, 0.3) is 0 Å². The van der Waals surface area contributed by atoms with Gasteiger partial charge in [-0.1, -0.05) is 6.07 Å². The molecule has 0 spiro atoms. The number of ether oxygens (including phenoxy) is 3. The Morgan fingerprint density at radius 3 is 2.84 bits per heavy atom. The average Bonchev–Trinajstić information content (AvgIpc) is 2.93. The van der Waals surface area contributed by atoms with Gasteiger partial charge >= 0.3 is 0 Å². The second kappa shape index (κ2) is 5.80. The van der Waals surface area contributed by atoms with Gasteiger partial charge in [0.15, 0.2) is 11.5 Å².